The third kappa shape index (κ3) is 8.01. The van der Waals surface area contributed by atoms with Crippen molar-refractivity contribution in [1.29, 1.82) is 0 Å². The monoisotopic (exact) mass is 704 g/mol. The van der Waals surface area contributed by atoms with Gasteiger partial charge in [-0.2, -0.15) is 0 Å². The number of hydrogen-bond acceptors (Lipinski definition) is 8. The standard InChI is InChI=1S/C42H48N4O6/c1-4-5-9-18-36(43-51-40(49)45-23-12-7-13-24-45)38(47)30-19-21-34-32(27-30)33-28-31(20-22-35(33)42(34,2)3)39(48)37(29-16-10-6-11-17-29)44-52-41(50)46-25-14-8-15-26-46/h6,10-11,16-17,19-22,27-28H,4-5,7-9,12-15,18,23-26H2,1-3H3/b43-36+,44-37+. The number of piperidine rings is 2. The van der Waals surface area contributed by atoms with Crippen molar-refractivity contribution < 1.29 is 28.9 Å². The zero-order valence-electron chi connectivity index (χ0n) is 30.5. The van der Waals surface area contributed by atoms with E-state index in [1.807, 2.05) is 30.3 Å². The predicted octanol–water partition coefficient (Wildman–Crippen LogP) is 8.94. The van der Waals surface area contributed by atoms with E-state index in [0.717, 1.165) is 80.0 Å². The molecule has 0 unspecified atom stereocenters. The maximum atomic E-state index is 14.2. The summed E-state index contributed by atoms with van der Waals surface area (Å²) in [4.78, 5) is 67.7. The summed E-state index contributed by atoms with van der Waals surface area (Å²) in [5.74, 6) is -0.683. The van der Waals surface area contributed by atoms with Gasteiger partial charge in [-0.25, -0.2) is 9.59 Å². The SMILES string of the molecule is CCCCC/C(=N\OC(=O)N1CCCCC1)C(=O)c1ccc2c(c1)-c1cc(C(=O)/C(=N/OC(=O)N3CCCCC3)c3ccccc3)ccc1C2(C)C. The van der Waals surface area contributed by atoms with Crippen LogP contribution in [0, 0.1) is 0 Å². The molecule has 10 heteroatoms. The highest BCUT2D eigenvalue weighted by Crippen LogP contribution is 2.49. The highest BCUT2D eigenvalue weighted by Gasteiger charge is 2.37. The van der Waals surface area contributed by atoms with Crippen molar-refractivity contribution in [1.82, 2.24) is 9.80 Å². The first-order valence-corrected chi connectivity index (χ1v) is 18.7. The van der Waals surface area contributed by atoms with Crippen molar-refractivity contribution >= 4 is 35.2 Å². The quantitative estimate of drug-likeness (QED) is 0.0647. The minimum atomic E-state index is -0.568. The molecule has 0 atom stereocenters. The van der Waals surface area contributed by atoms with Crippen molar-refractivity contribution in [3.63, 3.8) is 0 Å². The molecule has 3 aromatic rings. The summed E-state index contributed by atoms with van der Waals surface area (Å²) >= 11 is 0. The van der Waals surface area contributed by atoms with E-state index >= 15 is 0 Å². The number of ketones is 2. The number of unbranched alkanes of at least 4 members (excludes halogenated alkanes) is 2. The van der Waals surface area contributed by atoms with E-state index in [1.54, 1.807) is 46.2 Å². The molecule has 2 heterocycles. The fourth-order valence-electron chi connectivity index (χ4n) is 7.37. The van der Waals surface area contributed by atoms with Crippen LogP contribution in [0.5, 0.6) is 0 Å². The Morgan fingerprint density at radius 3 is 1.69 bits per heavy atom. The van der Waals surface area contributed by atoms with Gasteiger partial charge < -0.3 is 9.80 Å². The lowest BCUT2D eigenvalue weighted by Crippen LogP contribution is -2.35. The first-order chi connectivity index (χ1) is 25.2. The number of likely N-dealkylation sites (tertiary alicyclic amines) is 2. The zero-order valence-corrected chi connectivity index (χ0v) is 30.5. The lowest BCUT2D eigenvalue weighted by Gasteiger charge is -2.24. The Kier molecular flexibility index (Phi) is 11.6. The van der Waals surface area contributed by atoms with Gasteiger partial charge in [0.15, 0.2) is 5.71 Å². The summed E-state index contributed by atoms with van der Waals surface area (Å²) in [5, 5.41) is 8.28. The number of nitrogens with zero attached hydrogens (tertiary/aromatic N) is 4. The van der Waals surface area contributed by atoms with Crippen molar-refractivity contribution in [2.75, 3.05) is 26.2 Å². The van der Waals surface area contributed by atoms with Crippen LogP contribution >= 0.6 is 0 Å². The molecule has 1 aliphatic carbocycles. The van der Waals surface area contributed by atoms with Gasteiger partial charge in [0.2, 0.25) is 11.6 Å². The van der Waals surface area contributed by atoms with Crippen LogP contribution in [0.2, 0.25) is 0 Å². The molecule has 3 aromatic carbocycles. The fourth-order valence-corrected chi connectivity index (χ4v) is 7.37. The molecule has 0 N–H and O–H groups in total. The molecule has 0 radical (unpaired) electrons. The minimum absolute atomic E-state index is 0.0272. The third-order valence-electron chi connectivity index (χ3n) is 10.4. The molecule has 10 nitrogen and oxygen atoms in total. The number of carbonyl (C=O) groups is 4. The van der Waals surface area contributed by atoms with Crippen LogP contribution in [0.15, 0.2) is 77.0 Å². The number of amides is 2. The Bertz CT molecular complexity index is 1870. The number of rotatable bonds is 11. The van der Waals surface area contributed by atoms with Crippen LogP contribution in [-0.4, -0.2) is 71.2 Å². The summed E-state index contributed by atoms with van der Waals surface area (Å²) < 4.78 is 0. The average Bonchev–Trinajstić information content (AvgIpc) is 3.41. The highest BCUT2D eigenvalue weighted by atomic mass is 16.7. The van der Waals surface area contributed by atoms with Gasteiger partial charge in [0.05, 0.1) is 0 Å². The number of benzene rings is 3. The summed E-state index contributed by atoms with van der Waals surface area (Å²) in [5.41, 5.74) is 4.90. The second-order valence-corrected chi connectivity index (χ2v) is 14.4. The van der Waals surface area contributed by atoms with E-state index < -0.39 is 17.6 Å². The van der Waals surface area contributed by atoms with Gasteiger partial charge in [-0.3, -0.25) is 19.3 Å². The number of Topliss-reactive ketones (excluding diaryl/α,β-unsaturated/α-hetero) is 2. The molecule has 0 aromatic heterocycles. The molecule has 2 fully saturated rings. The van der Waals surface area contributed by atoms with Gasteiger partial charge in [-0.05, 0) is 85.8 Å². The molecule has 272 valence electrons. The van der Waals surface area contributed by atoms with Crippen molar-refractivity contribution in [3.05, 3.63) is 94.5 Å². The molecule has 0 bridgehead atoms. The molecule has 2 amide bonds. The van der Waals surface area contributed by atoms with E-state index in [2.05, 4.69) is 31.1 Å². The molecular formula is C42H48N4O6. The topological polar surface area (TPSA) is 118 Å². The Balaban J connectivity index is 1.30. The molecule has 52 heavy (non-hydrogen) atoms. The Morgan fingerprint density at radius 2 is 1.15 bits per heavy atom. The number of hydrogen-bond donors (Lipinski definition) is 0. The van der Waals surface area contributed by atoms with E-state index in [1.165, 1.54) is 0 Å². The normalized spacial score (nSPS) is 16.9. The first-order valence-electron chi connectivity index (χ1n) is 18.7. The van der Waals surface area contributed by atoms with Gasteiger partial charge >= 0.3 is 12.2 Å². The molecule has 0 saturated carbocycles. The van der Waals surface area contributed by atoms with E-state index in [-0.39, 0.29) is 23.0 Å². The molecule has 0 spiro atoms. The van der Waals surface area contributed by atoms with Crippen LogP contribution in [0.1, 0.15) is 122 Å². The van der Waals surface area contributed by atoms with E-state index in [0.29, 0.717) is 49.3 Å². The summed E-state index contributed by atoms with van der Waals surface area (Å²) in [6, 6.07) is 20.2. The van der Waals surface area contributed by atoms with Crippen molar-refractivity contribution in [2.24, 2.45) is 10.3 Å². The molecule has 6 rings (SSSR count). The zero-order chi connectivity index (χ0) is 36.7. The van der Waals surface area contributed by atoms with Gasteiger partial charge in [-0.1, -0.05) is 98.5 Å². The second-order valence-electron chi connectivity index (χ2n) is 14.4. The van der Waals surface area contributed by atoms with Gasteiger partial charge in [0, 0.05) is 48.3 Å². The smallest absolute Gasteiger partial charge is 0.306 e. The third-order valence-corrected chi connectivity index (χ3v) is 10.4. The van der Waals surface area contributed by atoms with Crippen LogP contribution in [0.25, 0.3) is 11.1 Å². The molecular weight excluding hydrogens is 656 g/mol. The number of fused-ring (bicyclic) bond motifs is 3. The average molecular weight is 705 g/mol. The van der Waals surface area contributed by atoms with Crippen molar-refractivity contribution in [3.8, 4) is 11.1 Å². The minimum Gasteiger partial charge on any atom is -0.306 e. The van der Waals surface area contributed by atoms with Crippen LogP contribution in [0.3, 0.4) is 0 Å². The Labute approximate surface area is 305 Å². The summed E-state index contributed by atoms with van der Waals surface area (Å²) in [7, 11) is 0. The second kappa shape index (κ2) is 16.5. The number of oxime groups is 2. The van der Waals surface area contributed by atoms with E-state index in [9.17, 15) is 19.2 Å². The largest absolute Gasteiger partial charge is 0.435 e. The van der Waals surface area contributed by atoms with Crippen LogP contribution in [0.4, 0.5) is 9.59 Å². The lowest BCUT2D eigenvalue weighted by atomic mass is 9.82. The number of carbonyl (C=O) groups excluding carboxylic acids is 4. The fraction of sp³-hybridized carbons (Fsp3) is 0.429. The highest BCUT2D eigenvalue weighted by molar-refractivity contribution is 6.51. The summed E-state index contributed by atoms with van der Waals surface area (Å²) in [6.07, 6.45) is 7.74. The molecule has 3 aliphatic rings. The van der Waals surface area contributed by atoms with E-state index in [4.69, 9.17) is 9.68 Å². The van der Waals surface area contributed by atoms with Gasteiger partial charge in [0.25, 0.3) is 0 Å². The van der Waals surface area contributed by atoms with Crippen LogP contribution < -0.4 is 0 Å². The Morgan fingerprint density at radius 1 is 0.635 bits per heavy atom. The maximum Gasteiger partial charge on any atom is 0.435 e. The Hall–Kier alpha value is -5.12. The lowest BCUT2D eigenvalue weighted by molar-refractivity contribution is 0.0946. The van der Waals surface area contributed by atoms with Crippen LogP contribution in [-0.2, 0) is 15.1 Å². The summed E-state index contributed by atoms with van der Waals surface area (Å²) in [6.45, 7) is 8.78. The predicted molar refractivity (Wildman–Crippen MR) is 201 cm³/mol. The molecule has 2 aliphatic heterocycles. The molecule has 2 saturated heterocycles. The first kappa shape index (κ1) is 36.7. The van der Waals surface area contributed by atoms with Crippen molar-refractivity contribution in [2.45, 2.75) is 90.4 Å². The van der Waals surface area contributed by atoms with Gasteiger partial charge in [0.1, 0.15) is 5.71 Å². The maximum absolute atomic E-state index is 14.2. The van der Waals surface area contributed by atoms with Gasteiger partial charge in [-0.15, -0.1) is 0 Å².